The summed E-state index contributed by atoms with van der Waals surface area (Å²) in [6.07, 6.45) is 0. The molecule has 29 heavy (non-hydrogen) atoms. The molecule has 0 aliphatic carbocycles. The van der Waals surface area contributed by atoms with Gasteiger partial charge in [0.2, 0.25) is 0 Å². The zero-order chi connectivity index (χ0) is 20.6. The van der Waals surface area contributed by atoms with E-state index in [2.05, 4.69) is 100 Å². The van der Waals surface area contributed by atoms with E-state index >= 15 is 0 Å². The molecule has 0 unspecified atom stereocenters. The molecule has 0 spiro atoms. The molecule has 0 bridgehead atoms. The van der Waals surface area contributed by atoms with E-state index in [-0.39, 0.29) is 0 Å². The number of ether oxygens (including phenoxy) is 2. The molecule has 0 fully saturated rings. The molecule has 3 aromatic rings. The van der Waals surface area contributed by atoms with Gasteiger partial charge >= 0.3 is 0 Å². The molecule has 0 aliphatic heterocycles. The standard InChI is InChI=1S/C26H31O2P/c1-20(2)18-27-22-15-16-25(28-19-21(3)4)26(17-22)29(23-11-7-5-8-12-23)24-13-9-6-10-14-24/h5-17,20-21H,18-19H2,1-4H3. The summed E-state index contributed by atoms with van der Waals surface area (Å²) in [5, 5.41) is 3.83. The Labute approximate surface area is 176 Å². The third-order valence-corrected chi connectivity index (χ3v) is 6.82. The second-order valence-corrected chi connectivity index (χ2v) is 10.2. The predicted octanol–water partition coefficient (Wildman–Crippen LogP) is 5.51. The van der Waals surface area contributed by atoms with Crippen LogP contribution in [0.4, 0.5) is 0 Å². The van der Waals surface area contributed by atoms with Crippen LogP contribution < -0.4 is 25.4 Å². The molecule has 0 amide bonds. The lowest BCUT2D eigenvalue weighted by molar-refractivity contribution is 0.265. The van der Waals surface area contributed by atoms with Crippen molar-refractivity contribution in [3.8, 4) is 11.5 Å². The lowest BCUT2D eigenvalue weighted by Gasteiger charge is -2.23. The minimum atomic E-state index is -0.745. The van der Waals surface area contributed by atoms with Gasteiger partial charge in [-0.05, 0) is 48.6 Å². The highest BCUT2D eigenvalue weighted by Gasteiger charge is 2.21. The average molecular weight is 407 g/mol. The SMILES string of the molecule is CC(C)COc1ccc(OCC(C)C)c(P(c2ccccc2)c2ccccc2)c1. The third kappa shape index (κ3) is 6.08. The maximum atomic E-state index is 6.26. The first-order valence-electron chi connectivity index (χ1n) is 10.3. The summed E-state index contributed by atoms with van der Waals surface area (Å²) in [5.74, 6) is 2.82. The van der Waals surface area contributed by atoms with Crippen molar-refractivity contribution in [2.24, 2.45) is 11.8 Å². The van der Waals surface area contributed by atoms with Gasteiger partial charge in [0.15, 0.2) is 0 Å². The molecule has 0 radical (unpaired) electrons. The minimum Gasteiger partial charge on any atom is -0.493 e. The van der Waals surface area contributed by atoms with Crippen molar-refractivity contribution < 1.29 is 9.47 Å². The summed E-state index contributed by atoms with van der Waals surface area (Å²) in [7, 11) is -0.745. The van der Waals surface area contributed by atoms with Crippen molar-refractivity contribution in [1.29, 1.82) is 0 Å². The highest BCUT2D eigenvalue weighted by molar-refractivity contribution is 7.80. The summed E-state index contributed by atoms with van der Waals surface area (Å²) in [6, 6.07) is 27.7. The normalized spacial score (nSPS) is 11.3. The lowest BCUT2D eigenvalue weighted by Crippen LogP contribution is -2.23. The third-order valence-electron chi connectivity index (χ3n) is 4.36. The summed E-state index contributed by atoms with van der Waals surface area (Å²) < 4.78 is 12.3. The van der Waals surface area contributed by atoms with Crippen molar-refractivity contribution in [1.82, 2.24) is 0 Å². The summed E-state index contributed by atoms with van der Waals surface area (Å²) in [4.78, 5) is 0. The van der Waals surface area contributed by atoms with Gasteiger partial charge in [0, 0.05) is 5.30 Å². The van der Waals surface area contributed by atoms with Crippen molar-refractivity contribution in [3.63, 3.8) is 0 Å². The maximum Gasteiger partial charge on any atom is 0.127 e. The van der Waals surface area contributed by atoms with E-state index in [1.165, 1.54) is 15.9 Å². The van der Waals surface area contributed by atoms with E-state index in [9.17, 15) is 0 Å². The Balaban J connectivity index is 2.09. The molecule has 3 aromatic carbocycles. The molecule has 0 atom stereocenters. The topological polar surface area (TPSA) is 18.5 Å². The Hall–Kier alpha value is -2.31. The van der Waals surface area contributed by atoms with Crippen LogP contribution in [0.15, 0.2) is 78.9 Å². The van der Waals surface area contributed by atoms with Gasteiger partial charge in [-0.25, -0.2) is 0 Å². The molecule has 152 valence electrons. The number of hydrogen-bond acceptors (Lipinski definition) is 2. The smallest absolute Gasteiger partial charge is 0.127 e. The average Bonchev–Trinajstić information content (AvgIpc) is 2.73. The molecule has 0 aliphatic rings. The minimum absolute atomic E-state index is 0.472. The predicted molar refractivity (Wildman–Crippen MR) is 126 cm³/mol. The fourth-order valence-corrected chi connectivity index (χ4v) is 5.40. The van der Waals surface area contributed by atoms with E-state index in [1.54, 1.807) is 0 Å². The highest BCUT2D eigenvalue weighted by Crippen LogP contribution is 2.38. The van der Waals surface area contributed by atoms with Crippen LogP contribution in [0.5, 0.6) is 11.5 Å². The fraction of sp³-hybridized carbons (Fsp3) is 0.308. The van der Waals surface area contributed by atoms with Crippen LogP contribution >= 0.6 is 7.92 Å². The Morgan fingerprint density at radius 2 is 1.17 bits per heavy atom. The van der Waals surface area contributed by atoms with E-state index in [1.807, 2.05) is 6.07 Å². The van der Waals surface area contributed by atoms with Crippen molar-refractivity contribution in [3.05, 3.63) is 78.9 Å². The van der Waals surface area contributed by atoms with Gasteiger partial charge in [0.1, 0.15) is 11.5 Å². The summed E-state index contributed by atoms with van der Waals surface area (Å²) >= 11 is 0. The second-order valence-electron chi connectivity index (χ2n) is 8.05. The Morgan fingerprint density at radius 1 is 0.655 bits per heavy atom. The highest BCUT2D eigenvalue weighted by atomic mass is 31.1. The Kier molecular flexibility index (Phi) is 7.72. The van der Waals surface area contributed by atoms with Gasteiger partial charge in [-0.15, -0.1) is 0 Å². The van der Waals surface area contributed by atoms with E-state index in [0.717, 1.165) is 11.5 Å². The van der Waals surface area contributed by atoms with Crippen LogP contribution in [0, 0.1) is 11.8 Å². The van der Waals surface area contributed by atoms with E-state index in [4.69, 9.17) is 9.47 Å². The van der Waals surface area contributed by atoms with E-state index in [0.29, 0.717) is 25.0 Å². The van der Waals surface area contributed by atoms with Gasteiger partial charge in [0.05, 0.1) is 13.2 Å². The summed E-state index contributed by atoms with van der Waals surface area (Å²) in [5.41, 5.74) is 0. The summed E-state index contributed by atoms with van der Waals surface area (Å²) in [6.45, 7) is 10.1. The molecule has 3 heteroatoms. The van der Waals surface area contributed by atoms with Gasteiger partial charge in [-0.2, -0.15) is 0 Å². The molecule has 0 saturated carbocycles. The molecule has 0 heterocycles. The molecular formula is C26H31O2P. The van der Waals surface area contributed by atoms with Crippen LogP contribution in [0.2, 0.25) is 0 Å². The zero-order valence-electron chi connectivity index (χ0n) is 17.8. The second kappa shape index (κ2) is 10.5. The van der Waals surface area contributed by atoms with Crippen LogP contribution in [0.3, 0.4) is 0 Å². The first-order valence-corrected chi connectivity index (χ1v) is 11.7. The fourth-order valence-electron chi connectivity index (χ4n) is 2.98. The molecule has 0 N–H and O–H groups in total. The number of hydrogen-bond donors (Lipinski definition) is 0. The quantitative estimate of drug-likeness (QED) is 0.436. The van der Waals surface area contributed by atoms with Crippen molar-refractivity contribution in [2.45, 2.75) is 27.7 Å². The molecule has 0 aromatic heterocycles. The molecule has 2 nitrogen and oxygen atoms in total. The Morgan fingerprint density at radius 3 is 1.69 bits per heavy atom. The van der Waals surface area contributed by atoms with Crippen LogP contribution in [0.25, 0.3) is 0 Å². The number of rotatable bonds is 9. The van der Waals surface area contributed by atoms with Crippen molar-refractivity contribution in [2.75, 3.05) is 13.2 Å². The zero-order valence-corrected chi connectivity index (χ0v) is 18.7. The van der Waals surface area contributed by atoms with Gasteiger partial charge in [0.25, 0.3) is 0 Å². The molecule has 3 rings (SSSR count). The Bertz CT molecular complexity index is 836. The van der Waals surface area contributed by atoms with Crippen LogP contribution in [-0.2, 0) is 0 Å². The maximum absolute atomic E-state index is 6.26. The largest absolute Gasteiger partial charge is 0.493 e. The first-order chi connectivity index (χ1) is 14.0. The monoisotopic (exact) mass is 406 g/mol. The molecule has 0 saturated heterocycles. The lowest BCUT2D eigenvalue weighted by atomic mass is 10.2. The van der Waals surface area contributed by atoms with Gasteiger partial charge < -0.3 is 9.47 Å². The van der Waals surface area contributed by atoms with Crippen LogP contribution in [-0.4, -0.2) is 13.2 Å². The van der Waals surface area contributed by atoms with Crippen molar-refractivity contribution >= 4 is 23.8 Å². The number of benzene rings is 3. The van der Waals surface area contributed by atoms with Crippen LogP contribution in [0.1, 0.15) is 27.7 Å². The first kappa shape index (κ1) is 21.4. The molecular weight excluding hydrogens is 375 g/mol. The van der Waals surface area contributed by atoms with Gasteiger partial charge in [-0.3, -0.25) is 0 Å². The van der Waals surface area contributed by atoms with Gasteiger partial charge in [-0.1, -0.05) is 88.4 Å². The van der Waals surface area contributed by atoms with E-state index < -0.39 is 7.92 Å².